The predicted molar refractivity (Wildman–Crippen MR) is 137 cm³/mol. The number of rotatable bonds is 12. The van der Waals surface area contributed by atoms with Gasteiger partial charge in [-0.05, 0) is 56.5 Å². The van der Waals surface area contributed by atoms with Crippen LogP contribution in [0.2, 0.25) is 0 Å². The van der Waals surface area contributed by atoms with Crippen molar-refractivity contribution in [3.8, 4) is 11.5 Å². The van der Waals surface area contributed by atoms with Crippen molar-refractivity contribution in [2.24, 2.45) is 0 Å². The molecule has 37 heavy (non-hydrogen) atoms. The molecule has 1 N–H and O–H groups in total. The quantitative estimate of drug-likeness (QED) is 0.425. The third-order valence-corrected chi connectivity index (χ3v) is 6.53. The Morgan fingerprint density at radius 2 is 1.86 bits per heavy atom. The number of hydrogen-bond acceptors (Lipinski definition) is 8. The number of morpholine rings is 1. The van der Waals surface area contributed by atoms with Crippen LogP contribution in [0.1, 0.15) is 54.6 Å². The molecule has 0 saturated carbocycles. The lowest BCUT2D eigenvalue weighted by Crippen LogP contribution is -2.39. The number of carbonyl (C=O) groups excluding carboxylic acids is 2. The zero-order valence-corrected chi connectivity index (χ0v) is 21.8. The minimum absolute atomic E-state index is 0.00963. The molecule has 2 aromatic rings. The molecule has 1 aromatic heterocycles. The highest BCUT2D eigenvalue weighted by Crippen LogP contribution is 2.42. The Hall–Kier alpha value is -3.30. The molecule has 1 saturated heterocycles. The van der Waals surface area contributed by atoms with Crippen molar-refractivity contribution in [3.05, 3.63) is 58.7 Å². The zero-order chi connectivity index (χ0) is 26.4. The minimum Gasteiger partial charge on any atom is -0.503 e. The van der Waals surface area contributed by atoms with Gasteiger partial charge in [0.05, 0.1) is 38.0 Å². The van der Waals surface area contributed by atoms with Gasteiger partial charge in [-0.2, -0.15) is 0 Å². The van der Waals surface area contributed by atoms with Crippen molar-refractivity contribution in [2.75, 3.05) is 52.6 Å². The lowest BCUT2D eigenvalue weighted by atomic mass is 9.94. The summed E-state index contributed by atoms with van der Waals surface area (Å²) < 4.78 is 22.7. The molecule has 1 amide bonds. The number of carbonyl (C=O) groups is 2. The van der Waals surface area contributed by atoms with E-state index in [1.807, 2.05) is 19.9 Å². The first-order valence-corrected chi connectivity index (χ1v) is 13.0. The Morgan fingerprint density at radius 1 is 1.08 bits per heavy atom. The second-order valence-electron chi connectivity index (χ2n) is 9.20. The van der Waals surface area contributed by atoms with Gasteiger partial charge in [-0.25, -0.2) is 0 Å². The first kappa shape index (κ1) is 26.8. The van der Waals surface area contributed by atoms with Crippen LogP contribution in [0.25, 0.3) is 0 Å². The summed E-state index contributed by atoms with van der Waals surface area (Å²) in [5.41, 5.74) is 0.665. The molecule has 2 aliphatic heterocycles. The number of aliphatic hydroxyl groups is 1. The molecule has 0 aliphatic carbocycles. The number of furan rings is 1. The second kappa shape index (κ2) is 12.3. The maximum atomic E-state index is 13.5. The fourth-order valence-corrected chi connectivity index (χ4v) is 4.74. The van der Waals surface area contributed by atoms with Crippen LogP contribution in [0, 0.1) is 6.92 Å². The molecule has 1 aromatic carbocycles. The van der Waals surface area contributed by atoms with Gasteiger partial charge in [0.25, 0.3) is 5.91 Å². The van der Waals surface area contributed by atoms with Crippen molar-refractivity contribution in [1.29, 1.82) is 0 Å². The van der Waals surface area contributed by atoms with Gasteiger partial charge in [0.15, 0.2) is 23.0 Å². The topological polar surface area (TPSA) is 102 Å². The van der Waals surface area contributed by atoms with Crippen LogP contribution in [0.4, 0.5) is 0 Å². The molecule has 3 heterocycles. The summed E-state index contributed by atoms with van der Waals surface area (Å²) in [5.74, 6) is 0.161. The maximum Gasteiger partial charge on any atom is 0.290 e. The van der Waals surface area contributed by atoms with E-state index in [1.54, 1.807) is 36.1 Å². The number of aliphatic hydroxyl groups excluding tert-OH is 1. The van der Waals surface area contributed by atoms with Gasteiger partial charge in [0, 0.05) is 26.2 Å². The molecule has 4 rings (SSSR count). The minimum atomic E-state index is -0.783. The standard InChI is InChI=1S/C28H36N2O7/c1-4-15-36-21-10-8-20(18-23(21)35-5-2)25-24(26(31)22-9-7-19(3)37-22)27(32)28(33)30(25)12-6-11-29-13-16-34-17-14-29/h7-10,18,25,32H,4-6,11-17H2,1-3H3. The largest absolute Gasteiger partial charge is 0.503 e. The molecule has 9 heteroatoms. The van der Waals surface area contributed by atoms with E-state index in [1.165, 1.54) is 0 Å². The van der Waals surface area contributed by atoms with E-state index in [0.717, 1.165) is 26.1 Å². The number of ketones is 1. The monoisotopic (exact) mass is 512 g/mol. The third kappa shape index (κ3) is 5.99. The van der Waals surface area contributed by atoms with E-state index in [9.17, 15) is 14.7 Å². The Labute approximate surface area is 217 Å². The molecular weight excluding hydrogens is 476 g/mol. The highest BCUT2D eigenvalue weighted by molar-refractivity contribution is 6.15. The number of amides is 1. The first-order chi connectivity index (χ1) is 17.9. The summed E-state index contributed by atoms with van der Waals surface area (Å²) in [7, 11) is 0. The molecule has 1 atom stereocenters. The highest BCUT2D eigenvalue weighted by Gasteiger charge is 2.44. The van der Waals surface area contributed by atoms with E-state index in [0.29, 0.717) is 62.2 Å². The smallest absolute Gasteiger partial charge is 0.290 e. The Morgan fingerprint density at radius 3 is 2.54 bits per heavy atom. The number of ether oxygens (including phenoxy) is 3. The Bertz CT molecular complexity index is 1130. The number of nitrogens with zero attached hydrogens (tertiary/aromatic N) is 2. The molecule has 0 bridgehead atoms. The number of hydrogen-bond donors (Lipinski definition) is 1. The fraction of sp³-hybridized carbons (Fsp3) is 0.500. The van der Waals surface area contributed by atoms with Gasteiger partial charge in [-0.1, -0.05) is 13.0 Å². The van der Waals surface area contributed by atoms with Gasteiger partial charge in [0.2, 0.25) is 5.78 Å². The normalized spacial score (nSPS) is 18.5. The van der Waals surface area contributed by atoms with Crippen LogP contribution in [0.15, 0.2) is 46.1 Å². The van der Waals surface area contributed by atoms with E-state index in [2.05, 4.69) is 4.90 Å². The van der Waals surface area contributed by atoms with Gasteiger partial charge < -0.3 is 28.6 Å². The van der Waals surface area contributed by atoms with Crippen LogP contribution in [0.3, 0.4) is 0 Å². The summed E-state index contributed by atoms with van der Waals surface area (Å²) in [5, 5.41) is 10.9. The van der Waals surface area contributed by atoms with Gasteiger partial charge >= 0.3 is 0 Å². The van der Waals surface area contributed by atoms with Crippen molar-refractivity contribution >= 4 is 11.7 Å². The van der Waals surface area contributed by atoms with Crippen molar-refractivity contribution in [1.82, 2.24) is 9.80 Å². The molecule has 1 fully saturated rings. The second-order valence-corrected chi connectivity index (χ2v) is 9.20. The lowest BCUT2D eigenvalue weighted by Gasteiger charge is -2.30. The number of Topliss-reactive ketones (excluding diaryl/α,β-unsaturated/α-hetero) is 1. The summed E-state index contributed by atoms with van der Waals surface area (Å²) in [6.45, 7) is 10.9. The fourth-order valence-electron chi connectivity index (χ4n) is 4.74. The SMILES string of the molecule is CCCOc1ccc(C2C(C(=O)c3ccc(C)o3)=C(O)C(=O)N2CCCN2CCOCC2)cc1OCC. The number of aryl methyl sites for hydroxylation is 1. The molecule has 2 aliphatic rings. The van der Waals surface area contributed by atoms with Gasteiger partial charge in [-0.3, -0.25) is 14.5 Å². The lowest BCUT2D eigenvalue weighted by molar-refractivity contribution is -0.129. The van der Waals surface area contributed by atoms with Crippen molar-refractivity contribution in [2.45, 2.75) is 39.7 Å². The third-order valence-electron chi connectivity index (χ3n) is 6.53. The predicted octanol–water partition coefficient (Wildman–Crippen LogP) is 4.08. The first-order valence-electron chi connectivity index (χ1n) is 13.0. The Balaban J connectivity index is 1.67. The summed E-state index contributed by atoms with van der Waals surface area (Å²) in [6.07, 6.45) is 1.53. The van der Waals surface area contributed by atoms with Crippen LogP contribution in [-0.2, 0) is 9.53 Å². The van der Waals surface area contributed by atoms with Crippen molar-refractivity contribution < 1.29 is 33.3 Å². The summed E-state index contributed by atoms with van der Waals surface area (Å²) in [6, 6.07) is 7.87. The summed E-state index contributed by atoms with van der Waals surface area (Å²) in [4.78, 5) is 30.7. The van der Waals surface area contributed by atoms with E-state index >= 15 is 0 Å². The summed E-state index contributed by atoms with van der Waals surface area (Å²) >= 11 is 0. The average Bonchev–Trinajstić information content (AvgIpc) is 3.45. The van der Waals surface area contributed by atoms with Crippen LogP contribution in [0.5, 0.6) is 11.5 Å². The molecule has 0 spiro atoms. The molecular formula is C28H36N2O7. The zero-order valence-electron chi connectivity index (χ0n) is 21.8. The Kier molecular flexibility index (Phi) is 8.89. The number of benzene rings is 1. The molecule has 200 valence electrons. The van der Waals surface area contributed by atoms with Crippen LogP contribution in [-0.4, -0.2) is 79.2 Å². The van der Waals surface area contributed by atoms with E-state index < -0.39 is 23.5 Å². The van der Waals surface area contributed by atoms with Crippen LogP contribution < -0.4 is 9.47 Å². The van der Waals surface area contributed by atoms with Crippen molar-refractivity contribution in [3.63, 3.8) is 0 Å². The maximum absolute atomic E-state index is 13.5. The van der Waals surface area contributed by atoms with E-state index in [4.69, 9.17) is 18.6 Å². The van der Waals surface area contributed by atoms with E-state index in [-0.39, 0.29) is 11.3 Å². The molecule has 0 radical (unpaired) electrons. The molecule has 9 nitrogen and oxygen atoms in total. The average molecular weight is 513 g/mol. The van der Waals surface area contributed by atoms with Crippen LogP contribution >= 0.6 is 0 Å². The molecule has 1 unspecified atom stereocenters. The van der Waals surface area contributed by atoms with Gasteiger partial charge in [-0.15, -0.1) is 0 Å². The highest BCUT2D eigenvalue weighted by atomic mass is 16.5. The van der Waals surface area contributed by atoms with Gasteiger partial charge in [0.1, 0.15) is 5.76 Å².